The Morgan fingerprint density at radius 2 is 0.967 bits per heavy atom. The third-order valence-electron chi connectivity index (χ3n) is 5.15. The van der Waals surface area contributed by atoms with Gasteiger partial charge in [-0.15, -0.1) is 0 Å². The second kappa shape index (κ2) is 9.55. The van der Waals surface area contributed by atoms with E-state index in [4.69, 9.17) is 0 Å². The Morgan fingerprint density at radius 1 is 0.567 bits per heavy atom. The van der Waals surface area contributed by atoms with Crippen LogP contribution in [0.3, 0.4) is 0 Å². The number of carbonyl (C=O) groups excluding carboxylic acids is 1. The predicted octanol–water partition coefficient (Wildman–Crippen LogP) is 6.49. The maximum absolute atomic E-state index is 13.6. The van der Waals surface area contributed by atoms with Crippen LogP contribution in [-0.2, 0) is 4.79 Å². The fourth-order valence-corrected chi connectivity index (χ4v) is 3.94. The molecule has 30 heavy (non-hydrogen) atoms. The van der Waals surface area contributed by atoms with Gasteiger partial charge in [-0.05, 0) is 34.4 Å². The Labute approximate surface area is 185 Å². The van der Waals surface area contributed by atoms with Crippen molar-refractivity contribution in [2.24, 2.45) is 0 Å². The van der Waals surface area contributed by atoms with E-state index in [1.54, 1.807) is 0 Å². The molecule has 1 amide bonds. The Morgan fingerprint density at radius 3 is 1.43 bits per heavy atom. The van der Waals surface area contributed by atoms with E-state index in [1.165, 1.54) is 0 Å². The SMILES string of the molecule is O=C(N[C@@H](c1ccccc1)c1ccc(Br)cc1)C(c1ccccc1)c1ccccc1. The molecule has 0 saturated heterocycles. The molecule has 2 nitrogen and oxygen atoms in total. The normalized spacial score (nSPS) is 11.8. The van der Waals surface area contributed by atoms with Gasteiger partial charge in [0.1, 0.15) is 0 Å². The van der Waals surface area contributed by atoms with E-state index in [2.05, 4.69) is 21.2 Å². The molecule has 0 fully saturated rings. The van der Waals surface area contributed by atoms with Gasteiger partial charge in [-0.1, -0.05) is 119 Å². The van der Waals surface area contributed by atoms with Crippen molar-refractivity contribution in [3.63, 3.8) is 0 Å². The molecule has 148 valence electrons. The van der Waals surface area contributed by atoms with E-state index in [0.29, 0.717) is 0 Å². The van der Waals surface area contributed by atoms with Crippen LogP contribution in [0, 0.1) is 0 Å². The van der Waals surface area contributed by atoms with Crippen LogP contribution in [0.25, 0.3) is 0 Å². The first kappa shape index (κ1) is 20.1. The maximum Gasteiger partial charge on any atom is 0.232 e. The first-order valence-electron chi connectivity index (χ1n) is 9.93. The number of hydrogen-bond acceptors (Lipinski definition) is 1. The molecule has 0 saturated carbocycles. The third-order valence-corrected chi connectivity index (χ3v) is 5.68. The van der Waals surface area contributed by atoms with Gasteiger partial charge in [0.15, 0.2) is 0 Å². The lowest BCUT2D eigenvalue weighted by Crippen LogP contribution is -2.34. The molecular formula is C27H22BrNO. The van der Waals surface area contributed by atoms with Gasteiger partial charge < -0.3 is 5.32 Å². The highest BCUT2D eigenvalue weighted by atomic mass is 79.9. The fourth-order valence-electron chi connectivity index (χ4n) is 3.67. The molecule has 4 aromatic carbocycles. The molecule has 0 radical (unpaired) electrons. The average Bonchev–Trinajstić information content (AvgIpc) is 2.80. The van der Waals surface area contributed by atoms with Crippen LogP contribution in [0.4, 0.5) is 0 Å². The monoisotopic (exact) mass is 455 g/mol. The molecule has 0 heterocycles. The Kier molecular flexibility index (Phi) is 6.41. The molecule has 4 aromatic rings. The van der Waals surface area contributed by atoms with Crippen molar-refractivity contribution in [1.82, 2.24) is 5.32 Å². The van der Waals surface area contributed by atoms with Gasteiger partial charge in [0.25, 0.3) is 0 Å². The highest BCUT2D eigenvalue weighted by Gasteiger charge is 2.26. The van der Waals surface area contributed by atoms with Gasteiger partial charge in [-0.25, -0.2) is 0 Å². The highest BCUT2D eigenvalue weighted by Crippen LogP contribution is 2.29. The second-order valence-corrected chi connectivity index (χ2v) is 8.07. The van der Waals surface area contributed by atoms with Gasteiger partial charge in [-0.2, -0.15) is 0 Å². The molecular weight excluding hydrogens is 434 g/mol. The molecule has 0 spiro atoms. The number of amides is 1. The zero-order chi connectivity index (χ0) is 20.8. The smallest absolute Gasteiger partial charge is 0.232 e. The first-order valence-corrected chi connectivity index (χ1v) is 10.7. The highest BCUT2D eigenvalue weighted by molar-refractivity contribution is 9.10. The number of carbonyl (C=O) groups is 1. The fraction of sp³-hybridized carbons (Fsp3) is 0.0741. The summed E-state index contributed by atoms with van der Waals surface area (Å²) < 4.78 is 1.01. The summed E-state index contributed by atoms with van der Waals surface area (Å²) in [5.74, 6) is -0.404. The van der Waals surface area contributed by atoms with Gasteiger partial charge in [-0.3, -0.25) is 4.79 Å². The number of rotatable bonds is 6. The van der Waals surface area contributed by atoms with Gasteiger partial charge in [0.05, 0.1) is 12.0 Å². The summed E-state index contributed by atoms with van der Waals surface area (Å²) in [6.45, 7) is 0. The van der Waals surface area contributed by atoms with Gasteiger partial charge in [0, 0.05) is 4.47 Å². The topological polar surface area (TPSA) is 29.1 Å². The third kappa shape index (κ3) is 4.69. The lowest BCUT2D eigenvalue weighted by Gasteiger charge is -2.24. The van der Waals surface area contributed by atoms with Crippen LogP contribution in [0.5, 0.6) is 0 Å². The van der Waals surface area contributed by atoms with Crippen molar-refractivity contribution in [2.45, 2.75) is 12.0 Å². The number of nitrogens with one attached hydrogen (secondary N) is 1. The quantitative estimate of drug-likeness (QED) is 0.353. The summed E-state index contributed by atoms with van der Waals surface area (Å²) in [5.41, 5.74) is 4.04. The lowest BCUT2D eigenvalue weighted by molar-refractivity contribution is -0.122. The van der Waals surface area contributed by atoms with Crippen molar-refractivity contribution in [3.8, 4) is 0 Å². The van der Waals surface area contributed by atoms with Crippen LogP contribution < -0.4 is 5.32 Å². The molecule has 0 unspecified atom stereocenters. The van der Waals surface area contributed by atoms with E-state index in [0.717, 1.165) is 26.7 Å². The molecule has 3 heteroatoms. The van der Waals surface area contributed by atoms with Gasteiger partial charge in [0.2, 0.25) is 5.91 Å². The minimum absolute atomic E-state index is 0.0239. The molecule has 0 aliphatic carbocycles. The van der Waals surface area contributed by atoms with Crippen LogP contribution in [0.15, 0.2) is 120 Å². The average molecular weight is 456 g/mol. The van der Waals surface area contributed by atoms with Gasteiger partial charge >= 0.3 is 0 Å². The molecule has 1 N–H and O–H groups in total. The van der Waals surface area contributed by atoms with Crippen LogP contribution in [0.1, 0.15) is 34.2 Å². The van der Waals surface area contributed by atoms with E-state index in [-0.39, 0.29) is 17.9 Å². The van der Waals surface area contributed by atoms with E-state index in [9.17, 15) is 4.79 Å². The number of hydrogen-bond donors (Lipinski definition) is 1. The minimum Gasteiger partial charge on any atom is -0.344 e. The van der Waals surface area contributed by atoms with Crippen molar-refractivity contribution in [2.75, 3.05) is 0 Å². The van der Waals surface area contributed by atoms with Crippen molar-refractivity contribution < 1.29 is 4.79 Å². The van der Waals surface area contributed by atoms with Crippen LogP contribution in [0.2, 0.25) is 0 Å². The van der Waals surface area contributed by atoms with Crippen LogP contribution in [-0.4, -0.2) is 5.91 Å². The standard InChI is InChI=1S/C27H22BrNO/c28-24-18-16-23(17-19-24)26(22-14-8-3-9-15-22)29-27(30)25(20-10-4-1-5-11-20)21-12-6-2-7-13-21/h1-19,25-26H,(H,29,30)/t26-/m0/s1. The lowest BCUT2D eigenvalue weighted by atomic mass is 9.89. The molecule has 0 bridgehead atoms. The zero-order valence-corrected chi connectivity index (χ0v) is 18.0. The Hall–Kier alpha value is -3.17. The maximum atomic E-state index is 13.6. The molecule has 4 rings (SSSR count). The summed E-state index contributed by atoms with van der Waals surface area (Å²) in [7, 11) is 0. The Balaban J connectivity index is 1.72. The summed E-state index contributed by atoms with van der Waals surface area (Å²) in [4.78, 5) is 13.6. The van der Waals surface area contributed by atoms with Crippen molar-refractivity contribution >= 4 is 21.8 Å². The Bertz CT molecular complexity index is 1040. The predicted molar refractivity (Wildman–Crippen MR) is 125 cm³/mol. The summed E-state index contributed by atoms with van der Waals surface area (Å²) >= 11 is 3.50. The summed E-state index contributed by atoms with van der Waals surface area (Å²) in [5, 5.41) is 3.31. The van der Waals surface area contributed by atoms with E-state index < -0.39 is 0 Å². The first-order chi connectivity index (χ1) is 14.7. The molecule has 0 aliphatic rings. The van der Waals surface area contributed by atoms with Crippen LogP contribution >= 0.6 is 15.9 Å². The summed E-state index contributed by atoms with van der Waals surface area (Å²) in [6, 6.07) is 37.8. The minimum atomic E-state index is -0.380. The zero-order valence-electron chi connectivity index (χ0n) is 16.4. The number of benzene rings is 4. The van der Waals surface area contributed by atoms with E-state index >= 15 is 0 Å². The molecule has 0 aromatic heterocycles. The van der Waals surface area contributed by atoms with E-state index in [1.807, 2.05) is 115 Å². The second-order valence-electron chi connectivity index (χ2n) is 7.16. The summed E-state index contributed by atoms with van der Waals surface area (Å²) in [6.07, 6.45) is 0. The van der Waals surface area contributed by atoms with Crippen molar-refractivity contribution in [3.05, 3.63) is 142 Å². The molecule has 1 atom stereocenters. The number of halogens is 1. The largest absolute Gasteiger partial charge is 0.344 e. The molecule has 0 aliphatic heterocycles. The van der Waals surface area contributed by atoms with Crippen molar-refractivity contribution in [1.29, 1.82) is 0 Å².